The van der Waals surface area contributed by atoms with Crippen LogP contribution in [0.4, 0.5) is 0 Å². The second-order valence-corrected chi connectivity index (χ2v) is 5.42. The third-order valence-electron chi connectivity index (χ3n) is 3.23. The maximum absolute atomic E-state index is 9.90. The van der Waals surface area contributed by atoms with Gasteiger partial charge in [0.2, 0.25) is 0 Å². The fourth-order valence-corrected chi connectivity index (χ4v) is 2.12. The number of aliphatic imine (C=N–C) groups is 1. The molecule has 0 fully saturated rings. The number of phenols is 1. The van der Waals surface area contributed by atoms with Crippen molar-refractivity contribution in [1.29, 1.82) is 0 Å². The zero-order valence-electron chi connectivity index (χ0n) is 13.8. The van der Waals surface area contributed by atoms with Crippen molar-refractivity contribution in [3.05, 3.63) is 59.2 Å². The fraction of sp³-hybridized carbons (Fsp3) is 0.211. The first-order chi connectivity index (χ1) is 11.0. The van der Waals surface area contributed by atoms with Crippen molar-refractivity contribution in [2.24, 2.45) is 4.99 Å². The Morgan fingerprint density at radius 2 is 1.78 bits per heavy atom. The minimum atomic E-state index is 0.128. The van der Waals surface area contributed by atoms with Gasteiger partial charge < -0.3 is 14.6 Å². The molecule has 0 saturated carbocycles. The van der Waals surface area contributed by atoms with E-state index in [0.717, 1.165) is 22.4 Å². The molecular weight excluding hydrogens is 290 g/mol. The average Bonchev–Trinajstić information content (AvgIpc) is 2.51. The number of rotatable bonds is 5. The van der Waals surface area contributed by atoms with Crippen LogP contribution in [0.15, 0.2) is 53.0 Å². The van der Waals surface area contributed by atoms with E-state index >= 15 is 0 Å². The number of hydrogen-bond acceptors (Lipinski definition) is 4. The quantitative estimate of drug-likeness (QED) is 0.630. The Labute approximate surface area is 136 Å². The number of ether oxygens (including phenoxy) is 2. The zero-order valence-corrected chi connectivity index (χ0v) is 13.8. The monoisotopic (exact) mass is 311 g/mol. The first-order valence-corrected chi connectivity index (χ1v) is 7.32. The van der Waals surface area contributed by atoms with Gasteiger partial charge in [-0.2, -0.15) is 0 Å². The molecule has 0 heterocycles. The summed E-state index contributed by atoms with van der Waals surface area (Å²) in [4.78, 5) is 4.30. The molecule has 0 aliphatic carbocycles. The van der Waals surface area contributed by atoms with Crippen LogP contribution in [0, 0.1) is 6.92 Å². The van der Waals surface area contributed by atoms with Crippen molar-refractivity contribution in [3.8, 4) is 17.2 Å². The van der Waals surface area contributed by atoms with Crippen LogP contribution in [0.3, 0.4) is 0 Å². The van der Waals surface area contributed by atoms with Crippen molar-refractivity contribution < 1.29 is 14.6 Å². The molecule has 0 radical (unpaired) electrons. The molecule has 0 aliphatic rings. The van der Waals surface area contributed by atoms with E-state index in [4.69, 9.17) is 9.47 Å². The summed E-state index contributed by atoms with van der Waals surface area (Å²) in [5, 5.41) is 9.90. The van der Waals surface area contributed by atoms with E-state index in [9.17, 15) is 5.11 Å². The van der Waals surface area contributed by atoms with Gasteiger partial charge in [0.05, 0.1) is 12.8 Å². The van der Waals surface area contributed by atoms with E-state index in [1.807, 2.05) is 51.1 Å². The van der Waals surface area contributed by atoms with Gasteiger partial charge in [0.1, 0.15) is 5.75 Å². The molecular formula is C19H21NO3. The molecule has 1 N–H and O–H groups in total. The van der Waals surface area contributed by atoms with Gasteiger partial charge in [0.25, 0.3) is 0 Å². The Bertz CT molecular complexity index is 727. The molecule has 0 aliphatic heterocycles. The molecule has 0 saturated heterocycles. The molecule has 2 aromatic rings. The lowest BCUT2D eigenvalue weighted by Gasteiger charge is -2.10. The minimum Gasteiger partial charge on any atom is -0.504 e. The average molecular weight is 311 g/mol. The van der Waals surface area contributed by atoms with E-state index in [1.54, 1.807) is 19.2 Å². The topological polar surface area (TPSA) is 51.0 Å². The molecule has 4 heteroatoms. The molecule has 0 unspecified atom stereocenters. The van der Waals surface area contributed by atoms with E-state index in [-0.39, 0.29) is 5.75 Å². The highest BCUT2D eigenvalue weighted by Crippen LogP contribution is 2.32. The number of phenolic OH excluding ortho intramolecular Hbond substituents is 1. The minimum absolute atomic E-state index is 0.128. The highest BCUT2D eigenvalue weighted by molar-refractivity contribution is 5.73. The summed E-state index contributed by atoms with van der Waals surface area (Å²) in [7, 11) is 1.57. The van der Waals surface area contributed by atoms with Crippen LogP contribution in [0.2, 0.25) is 0 Å². The maximum Gasteiger partial charge on any atom is 0.174 e. The summed E-state index contributed by atoms with van der Waals surface area (Å²) in [6.07, 6.45) is 1.41. The zero-order chi connectivity index (χ0) is 16.8. The normalized spacial score (nSPS) is 10.6. The third-order valence-corrected chi connectivity index (χ3v) is 3.23. The lowest BCUT2D eigenvalue weighted by molar-refractivity contribution is 0.411. The summed E-state index contributed by atoms with van der Waals surface area (Å²) in [6, 6.07) is 12.9. The molecule has 0 bridgehead atoms. The number of aromatic hydroxyl groups is 1. The second-order valence-electron chi connectivity index (χ2n) is 5.42. The summed E-state index contributed by atoms with van der Waals surface area (Å²) < 4.78 is 10.6. The Kier molecular flexibility index (Phi) is 5.41. The van der Waals surface area contributed by atoms with Crippen LogP contribution in [0.1, 0.15) is 25.0 Å². The van der Waals surface area contributed by atoms with Crippen molar-refractivity contribution in [2.45, 2.75) is 20.8 Å². The summed E-state index contributed by atoms with van der Waals surface area (Å²) in [5.41, 5.74) is 3.90. The molecule has 2 aromatic carbocycles. The Morgan fingerprint density at radius 3 is 2.35 bits per heavy atom. The summed E-state index contributed by atoms with van der Waals surface area (Å²) in [5.74, 6) is 1.21. The predicted octanol–water partition coefficient (Wildman–Crippen LogP) is 4.92. The van der Waals surface area contributed by atoms with Crippen molar-refractivity contribution in [1.82, 2.24) is 0 Å². The Balaban J connectivity index is 2.22. The lowest BCUT2D eigenvalue weighted by Crippen LogP contribution is -1.89. The molecule has 0 amide bonds. The number of nitrogens with zero attached hydrogens (tertiary/aromatic N) is 1. The summed E-state index contributed by atoms with van der Waals surface area (Å²) >= 11 is 0. The van der Waals surface area contributed by atoms with E-state index in [1.165, 1.54) is 6.40 Å². The number of benzene rings is 2. The van der Waals surface area contributed by atoms with Gasteiger partial charge in [-0.05, 0) is 68.3 Å². The van der Waals surface area contributed by atoms with Crippen LogP contribution in [-0.2, 0) is 4.74 Å². The molecule has 2 rings (SSSR count). The molecule has 0 spiro atoms. The van der Waals surface area contributed by atoms with Gasteiger partial charge >= 0.3 is 0 Å². The number of aryl methyl sites for hydroxylation is 1. The van der Waals surface area contributed by atoms with Crippen LogP contribution in [0.5, 0.6) is 17.2 Å². The first kappa shape index (κ1) is 16.6. The van der Waals surface area contributed by atoms with E-state index in [2.05, 4.69) is 4.99 Å². The number of hydrogen-bond donors (Lipinski definition) is 1. The molecule has 0 atom stereocenters. The van der Waals surface area contributed by atoms with Crippen LogP contribution in [-0.4, -0.2) is 18.6 Å². The largest absolute Gasteiger partial charge is 0.504 e. The van der Waals surface area contributed by atoms with Gasteiger partial charge in [-0.25, -0.2) is 4.99 Å². The van der Waals surface area contributed by atoms with E-state index in [0.29, 0.717) is 11.5 Å². The second kappa shape index (κ2) is 7.49. The highest BCUT2D eigenvalue weighted by atomic mass is 16.5. The van der Waals surface area contributed by atoms with E-state index < -0.39 is 0 Å². The Hall–Kier alpha value is -2.75. The van der Waals surface area contributed by atoms with Gasteiger partial charge in [-0.3, -0.25) is 0 Å². The van der Waals surface area contributed by atoms with Gasteiger partial charge in [0.15, 0.2) is 17.9 Å². The van der Waals surface area contributed by atoms with Crippen LogP contribution >= 0.6 is 0 Å². The molecule has 120 valence electrons. The van der Waals surface area contributed by atoms with Gasteiger partial charge in [-0.15, -0.1) is 0 Å². The fourth-order valence-electron chi connectivity index (χ4n) is 2.12. The van der Waals surface area contributed by atoms with Gasteiger partial charge in [-0.1, -0.05) is 6.07 Å². The van der Waals surface area contributed by atoms with Crippen LogP contribution in [0.25, 0.3) is 5.70 Å². The maximum atomic E-state index is 9.90. The number of methoxy groups -OCH3 is 1. The van der Waals surface area contributed by atoms with Crippen LogP contribution < -0.4 is 4.74 Å². The highest BCUT2D eigenvalue weighted by Gasteiger charge is 2.06. The smallest absolute Gasteiger partial charge is 0.174 e. The standard InChI is InChI=1S/C19H21NO3/c1-13(2)19(20-12-22-4)15-6-8-16(9-7-15)23-18-10-5-14(3)11-17(18)21/h5-12,21H,1-4H3. The predicted molar refractivity (Wildman–Crippen MR) is 93.1 cm³/mol. The van der Waals surface area contributed by atoms with Gasteiger partial charge in [0, 0.05) is 5.56 Å². The number of allylic oxidation sites excluding steroid dienone is 1. The van der Waals surface area contributed by atoms with Crippen molar-refractivity contribution >= 4 is 12.1 Å². The lowest BCUT2D eigenvalue weighted by atomic mass is 10.1. The SMILES string of the molecule is COC=NC(=C(C)C)c1ccc(Oc2ccc(C)cc2O)cc1. The Morgan fingerprint density at radius 1 is 1.09 bits per heavy atom. The molecule has 0 aromatic heterocycles. The molecule has 23 heavy (non-hydrogen) atoms. The first-order valence-electron chi connectivity index (χ1n) is 7.32. The third kappa shape index (κ3) is 4.36. The summed E-state index contributed by atoms with van der Waals surface area (Å²) in [6.45, 7) is 5.91. The molecule has 4 nitrogen and oxygen atoms in total. The van der Waals surface area contributed by atoms with Crippen molar-refractivity contribution in [3.63, 3.8) is 0 Å². The van der Waals surface area contributed by atoms with Crippen molar-refractivity contribution in [2.75, 3.05) is 7.11 Å².